The number of rotatable bonds is 4. The number of anilines is 1. The second kappa shape index (κ2) is 7.19. The van der Waals surface area contributed by atoms with E-state index in [-0.39, 0.29) is 12.0 Å². The standard InChI is InChI=1S/C17H19N3O3/c1-12-9-14(23-13-5-4-8-22-11-13)10-15(19-12)17(21)20-16-6-2-3-7-18-16/h2-3,6-7,9-10,13H,4-5,8,11H2,1H3,(H,18,20,21). The molecule has 0 radical (unpaired) electrons. The number of amides is 1. The van der Waals surface area contributed by atoms with E-state index in [4.69, 9.17) is 9.47 Å². The lowest BCUT2D eigenvalue weighted by Crippen LogP contribution is -2.28. The van der Waals surface area contributed by atoms with Gasteiger partial charge in [-0.25, -0.2) is 9.97 Å². The number of hydrogen-bond acceptors (Lipinski definition) is 5. The fraction of sp³-hybridized carbons (Fsp3) is 0.353. The highest BCUT2D eigenvalue weighted by Gasteiger charge is 2.17. The van der Waals surface area contributed by atoms with Gasteiger partial charge < -0.3 is 14.8 Å². The van der Waals surface area contributed by atoms with Crippen LogP contribution in [0.25, 0.3) is 0 Å². The van der Waals surface area contributed by atoms with Gasteiger partial charge in [0.2, 0.25) is 0 Å². The van der Waals surface area contributed by atoms with Crippen LogP contribution in [-0.4, -0.2) is 35.2 Å². The second-order valence-corrected chi connectivity index (χ2v) is 5.46. The number of aryl methyl sites for hydroxylation is 1. The molecule has 120 valence electrons. The van der Waals surface area contributed by atoms with Gasteiger partial charge in [-0.05, 0) is 31.9 Å². The van der Waals surface area contributed by atoms with Crippen LogP contribution < -0.4 is 10.1 Å². The summed E-state index contributed by atoms with van der Waals surface area (Å²) in [5.74, 6) is 0.820. The lowest BCUT2D eigenvalue weighted by Gasteiger charge is -2.23. The third-order valence-electron chi connectivity index (χ3n) is 3.49. The van der Waals surface area contributed by atoms with E-state index < -0.39 is 0 Å². The number of nitrogens with zero attached hydrogens (tertiary/aromatic N) is 2. The van der Waals surface area contributed by atoms with Gasteiger partial charge in [0.25, 0.3) is 5.91 Å². The molecule has 2 aromatic heterocycles. The van der Waals surface area contributed by atoms with Gasteiger partial charge >= 0.3 is 0 Å². The average molecular weight is 313 g/mol. The molecule has 1 N–H and O–H groups in total. The van der Waals surface area contributed by atoms with Crippen molar-refractivity contribution in [1.29, 1.82) is 0 Å². The van der Waals surface area contributed by atoms with E-state index in [1.54, 1.807) is 24.4 Å². The molecule has 1 atom stereocenters. The minimum absolute atomic E-state index is 0.0252. The molecule has 0 spiro atoms. The fourth-order valence-electron chi connectivity index (χ4n) is 2.43. The summed E-state index contributed by atoms with van der Waals surface area (Å²) in [6.07, 6.45) is 3.59. The number of aromatic nitrogens is 2. The van der Waals surface area contributed by atoms with Gasteiger partial charge in [0, 0.05) is 30.6 Å². The lowest BCUT2D eigenvalue weighted by molar-refractivity contribution is 0.00734. The molecule has 1 unspecified atom stereocenters. The molecule has 0 aliphatic carbocycles. The maximum atomic E-state index is 12.3. The maximum Gasteiger partial charge on any atom is 0.275 e. The monoisotopic (exact) mass is 313 g/mol. The molecular weight excluding hydrogens is 294 g/mol. The van der Waals surface area contributed by atoms with Gasteiger partial charge in [0.05, 0.1) is 6.61 Å². The molecule has 3 rings (SSSR count). The van der Waals surface area contributed by atoms with E-state index in [2.05, 4.69) is 15.3 Å². The number of hydrogen-bond donors (Lipinski definition) is 1. The Morgan fingerprint density at radius 2 is 2.30 bits per heavy atom. The highest BCUT2D eigenvalue weighted by Crippen LogP contribution is 2.19. The fourth-order valence-corrected chi connectivity index (χ4v) is 2.43. The third-order valence-corrected chi connectivity index (χ3v) is 3.49. The molecule has 0 saturated carbocycles. The van der Waals surface area contributed by atoms with Crippen molar-refractivity contribution in [3.8, 4) is 5.75 Å². The summed E-state index contributed by atoms with van der Waals surface area (Å²) in [6.45, 7) is 3.20. The maximum absolute atomic E-state index is 12.3. The summed E-state index contributed by atoms with van der Waals surface area (Å²) >= 11 is 0. The zero-order chi connectivity index (χ0) is 16.1. The van der Waals surface area contributed by atoms with Crippen molar-refractivity contribution in [2.24, 2.45) is 0 Å². The minimum Gasteiger partial charge on any atom is -0.488 e. The Bertz CT molecular complexity index is 670. The normalized spacial score (nSPS) is 17.5. The number of pyridine rings is 2. The van der Waals surface area contributed by atoms with Crippen molar-refractivity contribution in [1.82, 2.24) is 9.97 Å². The highest BCUT2D eigenvalue weighted by atomic mass is 16.5. The van der Waals surface area contributed by atoms with Crippen molar-refractivity contribution < 1.29 is 14.3 Å². The van der Waals surface area contributed by atoms with E-state index in [1.807, 2.05) is 19.1 Å². The number of ether oxygens (including phenoxy) is 2. The summed E-state index contributed by atoms with van der Waals surface area (Å²) in [4.78, 5) is 20.7. The first-order valence-corrected chi connectivity index (χ1v) is 7.66. The van der Waals surface area contributed by atoms with Crippen molar-refractivity contribution in [3.63, 3.8) is 0 Å². The molecular formula is C17H19N3O3. The molecule has 2 aromatic rings. The van der Waals surface area contributed by atoms with Crippen LogP contribution in [0.2, 0.25) is 0 Å². The average Bonchev–Trinajstić information content (AvgIpc) is 2.56. The molecule has 3 heterocycles. The van der Waals surface area contributed by atoms with E-state index in [0.717, 1.165) is 25.1 Å². The van der Waals surface area contributed by atoms with Crippen LogP contribution in [-0.2, 0) is 4.74 Å². The zero-order valence-corrected chi connectivity index (χ0v) is 13.0. The van der Waals surface area contributed by atoms with E-state index in [9.17, 15) is 4.79 Å². The molecule has 1 aliphatic heterocycles. The Hall–Kier alpha value is -2.47. The molecule has 1 aliphatic rings. The van der Waals surface area contributed by atoms with Gasteiger partial charge in [-0.1, -0.05) is 6.07 Å². The summed E-state index contributed by atoms with van der Waals surface area (Å²) in [5.41, 5.74) is 1.03. The molecule has 6 nitrogen and oxygen atoms in total. The lowest BCUT2D eigenvalue weighted by atomic mass is 10.2. The highest BCUT2D eigenvalue weighted by molar-refractivity contribution is 6.02. The summed E-state index contributed by atoms with van der Waals surface area (Å²) in [5, 5.41) is 2.72. The van der Waals surface area contributed by atoms with Gasteiger partial charge in [0.15, 0.2) is 0 Å². The topological polar surface area (TPSA) is 73.3 Å². The van der Waals surface area contributed by atoms with Gasteiger partial charge in [-0.3, -0.25) is 4.79 Å². The van der Waals surface area contributed by atoms with E-state index >= 15 is 0 Å². The quantitative estimate of drug-likeness (QED) is 0.939. The molecule has 0 aromatic carbocycles. The molecule has 1 saturated heterocycles. The van der Waals surface area contributed by atoms with Crippen LogP contribution in [0.4, 0.5) is 5.82 Å². The van der Waals surface area contributed by atoms with Crippen molar-refractivity contribution in [2.75, 3.05) is 18.5 Å². The Kier molecular flexibility index (Phi) is 4.83. The van der Waals surface area contributed by atoms with Crippen molar-refractivity contribution >= 4 is 11.7 Å². The Morgan fingerprint density at radius 3 is 3.04 bits per heavy atom. The molecule has 0 bridgehead atoms. The van der Waals surface area contributed by atoms with Crippen molar-refractivity contribution in [3.05, 3.63) is 47.9 Å². The van der Waals surface area contributed by atoms with Crippen LogP contribution in [0.5, 0.6) is 5.75 Å². The van der Waals surface area contributed by atoms with E-state index in [1.165, 1.54) is 0 Å². The largest absolute Gasteiger partial charge is 0.488 e. The van der Waals surface area contributed by atoms with Crippen LogP contribution in [0.1, 0.15) is 29.0 Å². The molecule has 1 amide bonds. The molecule has 1 fully saturated rings. The predicted molar refractivity (Wildman–Crippen MR) is 85.6 cm³/mol. The first-order valence-electron chi connectivity index (χ1n) is 7.66. The number of carbonyl (C=O) groups is 1. The number of carbonyl (C=O) groups excluding carboxylic acids is 1. The van der Waals surface area contributed by atoms with Crippen LogP contribution in [0.3, 0.4) is 0 Å². The van der Waals surface area contributed by atoms with Gasteiger partial charge in [-0.15, -0.1) is 0 Å². The molecule has 23 heavy (non-hydrogen) atoms. The Labute approximate surface area is 134 Å². The van der Waals surface area contributed by atoms with Gasteiger partial charge in [0.1, 0.15) is 23.4 Å². The number of nitrogens with one attached hydrogen (secondary N) is 1. The second-order valence-electron chi connectivity index (χ2n) is 5.46. The summed E-state index contributed by atoms with van der Waals surface area (Å²) in [6, 6.07) is 8.80. The van der Waals surface area contributed by atoms with E-state index in [0.29, 0.717) is 23.9 Å². The van der Waals surface area contributed by atoms with Crippen molar-refractivity contribution in [2.45, 2.75) is 25.9 Å². The van der Waals surface area contributed by atoms with Gasteiger partial charge in [-0.2, -0.15) is 0 Å². The van der Waals surface area contributed by atoms with Crippen LogP contribution in [0.15, 0.2) is 36.5 Å². The molecule has 6 heteroatoms. The Balaban J connectivity index is 1.72. The SMILES string of the molecule is Cc1cc(OC2CCCOC2)cc(C(=O)Nc2ccccn2)n1. The van der Waals surface area contributed by atoms with Crippen LogP contribution in [0, 0.1) is 6.92 Å². The summed E-state index contributed by atoms with van der Waals surface area (Å²) < 4.78 is 11.3. The summed E-state index contributed by atoms with van der Waals surface area (Å²) in [7, 11) is 0. The van der Waals surface area contributed by atoms with Crippen LogP contribution >= 0.6 is 0 Å². The predicted octanol–water partition coefficient (Wildman–Crippen LogP) is 2.60. The first-order chi connectivity index (χ1) is 11.2. The zero-order valence-electron chi connectivity index (χ0n) is 13.0. The smallest absolute Gasteiger partial charge is 0.275 e. The first kappa shape index (κ1) is 15.4. The Morgan fingerprint density at radius 1 is 1.39 bits per heavy atom. The minimum atomic E-state index is -0.308. The third kappa shape index (κ3) is 4.26.